The first-order valence-electron chi connectivity index (χ1n) is 6.22. The number of pyridine rings is 1. The van der Waals surface area contributed by atoms with E-state index in [0.717, 1.165) is 36.8 Å². The summed E-state index contributed by atoms with van der Waals surface area (Å²) in [5.74, 6) is 0.860. The van der Waals surface area contributed by atoms with E-state index in [-0.39, 0.29) is 0 Å². The number of aryl methyl sites for hydroxylation is 1. The largest absolute Gasteiger partial charge is 0.396 e. The fraction of sp³-hybridized carbons (Fsp3) is 0.615. The SMILES string of the molecule is Cc1ccc(N)c(N(C)CC2CCCCO2)n1. The van der Waals surface area contributed by atoms with Gasteiger partial charge >= 0.3 is 0 Å². The lowest BCUT2D eigenvalue weighted by atomic mass is 10.1. The van der Waals surface area contributed by atoms with Crippen LogP contribution in [0.4, 0.5) is 11.5 Å². The maximum atomic E-state index is 5.95. The Morgan fingerprint density at radius 1 is 1.47 bits per heavy atom. The molecule has 1 aliphatic heterocycles. The minimum Gasteiger partial charge on any atom is -0.396 e. The molecule has 2 rings (SSSR count). The molecule has 2 N–H and O–H groups in total. The number of ether oxygens (including phenoxy) is 1. The normalized spacial score (nSPS) is 20.2. The zero-order valence-electron chi connectivity index (χ0n) is 10.6. The topological polar surface area (TPSA) is 51.4 Å². The smallest absolute Gasteiger partial charge is 0.151 e. The first-order valence-corrected chi connectivity index (χ1v) is 6.22. The van der Waals surface area contributed by atoms with Crippen molar-refractivity contribution < 1.29 is 4.74 Å². The minimum atomic E-state index is 0.315. The van der Waals surface area contributed by atoms with Crippen LogP contribution >= 0.6 is 0 Å². The minimum absolute atomic E-state index is 0.315. The zero-order valence-corrected chi connectivity index (χ0v) is 10.6. The molecule has 0 spiro atoms. The van der Waals surface area contributed by atoms with Crippen molar-refractivity contribution in [3.05, 3.63) is 17.8 Å². The van der Waals surface area contributed by atoms with E-state index in [4.69, 9.17) is 10.5 Å². The van der Waals surface area contributed by atoms with Gasteiger partial charge in [0.25, 0.3) is 0 Å². The molecule has 17 heavy (non-hydrogen) atoms. The van der Waals surface area contributed by atoms with Gasteiger partial charge in [0.2, 0.25) is 0 Å². The summed E-state index contributed by atoms with van der Waals surface area (Å²) in [6.45, 7) is 3.73. The van der Waals surface area contributed by atoms with Crippen molar-refractivity contribution in [1.82, 2.24) is 4.98 Å². The van der Waals surface area contributed by atoms with Crippen LogP contribution in [-0.4, -0.2) is 31.3 Å². The molecule has 0 radical (unpaired) electrons. The van der Waals surface area contributed by atoms with Crippen LogP contribution in [0.15, 0.2) is 12.1 Å². The third kappa shape index (κ3) is 3.09. The molecule has 1 aliphatic rings. The van der Waals surface area contributed by atoms with Crippen molar-refractivity contribution in [2.24, 2.45) is 0 Å². The fourth-order valence-corrected chi connectivity index (χ4v) is 2.20. The lowest BCUT2D eigenvalue weighted by molar-refractivity contribution is 0.0215. The van der Waals surface area contributed by atoms with E-state index in [9.17, 15) is 0 Å². The molecule has 2 heterocycles. The molecule has 0 bridgehead atoms. The lowest BCUT2D eigenvalue weighted by Gasteiger charge is -2.28. The molecule has 4 nitrogen and oxygen atoms in total. The fourth-order valence-electron chi connectivity index (χ4n) is 2.20. The Morgan fingerprint density at radius 2 is 2.29 bits per heavy atom. The van der Waals surface area contributed by atoms with Crippen LogP contribution in [0.25, 0.3) is 0 Å². The van der Waals surface area contributed by atoms with E-state index in [0.29, 0.717) is 6.10 Å². The van der Waals surface area contributed by atoms with Crippen molar-refractivity contribution in [2.45, 2.75) is 32.3 Å². The molecule has 1 aromatic heterocycles. The molecule has 0 saturated carbocycles. The maximum absolute atomic E-state index is 5.95. The van der Waals surface area contributed by atoms with Crippen molar-refractivity contribution in [3.63, 3.8) is 0 Å². The molecule has 4 heteroatoms. The van der Waals surface area contributed by atoms with Gasteiger partial charge in [0.05, 0.1) is 11.8 Å². The van der Waals surface area contributed by atoms with Gasteiger partial charge in [-0.2, -0.15) is 0 Å². The van der Waals surface area contributed by atoms with Crippen LogP contribution in [0.2, 0.25) is 0 Å². The molecular weight excluding hydrogens is 214 g/mol. The van der Waals surface area contributed by atoms with Crippen LogP contribution in [-0.2, 0) is 4.74 Å². The number of hydrogen-bond acceptors (Lipinski definition) is 4. The number of anilines is 2. The highest BCUT2D eigenvalue weighted by molar-refractivity contribution is 5.62. The van der Waals surface area contributed by atoms with Gasteiger partial charge in [-0.05, 0) is 38.3 Å². The third-order valence-corrected chi connectivity index (χ3v) is 3.16. The summed E-state index contributed by atoms with van der Waals surface area (Å²) < 4.78 is 5.73. The first kappa shape index (κ1) is 12.2. The van der Waals surface area contributed by atoms with Gasteiger partial charge in [-0.1, -0.05) is 0 Å². The van der Waals surface area contributed by atoms with Gasteiger partial charge in [0, 0.05) is 25.9 Å². The van der Waals surface area contributed by atoms with Crippen LogP contribution in [0.3, 0.4) is 0 Å². The Bertz CT molecular complexity index is 375. The number of rotatable bonds is 3. The van der Waals surface area contributed by atoms with Crippen molar-refractivity contribution >= 4 is 11.5 Å². The molecule has 0 aromatic carbocycles. The summed E-state index contributed by atoms with van der Waals surface area (Å²) in [6, 6.07) is 3.85. The quantitative estimate of drug-likeness (QED) is 0.870. The number of nitrogens with two attached hydrogens (primary N) is 1. The summed E-state index contributed by atoms with van der Waals surface area (Å²) >= 11 is 0. The summed E-state index contributed by atoms with van der Waals surface area (Å²) in [7, 11) is 2.02. The third-order valence-electron chi connectivity index (χ3n) is 3.16. The highest BCUT2D eigenvalue weighted by Crippen LogP contribution is 2.21. The number of nitrogen functional groups attached to an aromatic ring is 1. The van der Waals surface area contributed by atoms with Gasteiger partial charge < -0.3 is 15.4 Å². The van der Waals surface area contributed by atoms with Crippen LogP contribution in [0.5, 0.6) is 0 Å². The lowest BCUT2D eigenvalue weighted by Crippen LogP contribution is -2.34. The molecule has 1 saturated heterocycles. The summed E-state index contributed by atoms with van der Waals surface area (Å²) in [5, 5.41) is 0. The van der Waals surface area contributed by atoms with E-state index in [1.807, 2.05) is 26.1 Å². The highest BCUT2D eigenvalue weighted by Gasteiger charge is 2.17. The van der Waals surface area contributed by atoms with Crippen molar-refractivity contribution in [3.8, 4) is 0 Å². The van der Waals surface area contributed by atoms with Crippen molar-refractivity contribution in [1.29, 1.82) is 0 Å². The summed E-state index contributed by atoms with van der Waals surface area (Å²) in [4.78, 5) is 6.58. The highest BCUT2D eigenvalue weighted by atomic mass is 16.5. The van der Waals surface area contributed by atoms with Gasteiger partial charge in [0.1, 0.15) is 0 Å². The molecule has 0 amide bonds. The van der Waals surface area contributed by atoms with Crippen LogP contribution in [0.1, 0.15) is 25.0 Å². The average Bonchev–Trinajstić information content (AvgIpc) is 2.33. The Morgan fingerprint density at radius 3 is 3.00 bits per heavy atom. The molecular formula is C13H21N3O. The Balaban J connectivity index is 2.02. The van der Waals surface area contributed by atoms with E-state index in [1.54, 1.807) is 0 Å². The number of likely N-dealkylation sites (N-methyl/N-ethyl adjacent to an activating group) is 1. The predicted molar refractivity (Wildman–Crippen MR) is 70.2 cm³/mol. The van der Waals surface area contributed by atoms with E-state index in [1.165, 1.54) is 12.8 Å². The Labute approximate surface area is 103 Å². The van der Waals surface area contributed by atoms with Crippen molar-refractivity contribution in [2.75, 3.05) is 30.8 Å². The second-order valence-electron chi connectivity index (χ2n) is 4.73. The Hall–Kier alpha value is -1.29. The van der Waals surface area contributed by atoms with Gasteiger partial charge in [-0.3, -0.25) is 0 Å². The summed E-state index contributed by atoms with van der Waals surface area (Å²) in [6.07, 6.45) is 3.89. The van der Waals surface area contributed by atoms with Crippen LogP contribution < -0.4 is 10.6 Å². The molecule has 94 valence electrons. The molecule has 1 atom stereocenters. The van der Waals surface area contributed by atoms with Gasteiger partial charge in [-0.15, -0.1) is 0 Å². The molecule has 1 aromatic rings. The van der Waals surface area contributed by atoms with E-state index < -0.39 is 0 Å². The van der Waals surface area contributed by atoms with Crippen LogP contribution in [0, 0.1) is 6.92 Å². The first-order chi connectivity index (χ1) is 8.16. The van der Waals surface area contributed by atoms with Gasteiger partial charge in [0.15, 0.2) is 5.82 Å². The predicted octanol–water partition coefficient (Wildman–Crippen LogP) is 1.98. The van der Waals surface area contributed by atoms with E-state index >= 15 is 0 Å². The number of hydrogen-bond donors (Lipinski definition) is 1. The maximum Gasteiger partial charge on any atom is 0.151 e. The molecule has 0 aliphatic carbocycles. The molecule has 1 fully saturated rings. The number of nitrogens with zero attached hydrogens (tertiary/aromatic N) is 2. The summed E-state index contributed by atoms with van der Waals surface area (Å²) in [5.41, 5.74) is 7.67. The second kappa shape index (κ2) is 5.36. The monoisotopic (exact) mass is 235 g/mol. The van der Waals surface area contributed by atoms with E-state index in [2.05, 4.69) is 9.88 Å². The molecule has 1 unspecified atom stereocenters. The average molecular weight is 235 g/mol. The number of aromatic nitrogens is 1. The zero-order chi connectivity index (χ0) is 12.3. The van der Waals surface area contributed by atoms with Gasteiger partial charge in [-0.25, -0.2) is 4.98 Å². The standard InChI is InChI=1S/C13H21N3O/c1-10-6-7-12(14)13(15-10)16(2)9-11-5-3-4-8-17-11/h6-7,11H,3-5,8-9,14H2,1-2H3. The second-order valence-corrected chi connectivity index (χ2v) is 4.73. The Kier molecular flexibility index (Phi) is 3.84.